The largest absolute Gasteiger partial charge is 0.244 e. The molecule has 43 heavy (non-hydrogen) atoms. The lowest BCUT2D eigenvalue weighted by molar-refractivity contribution is -0.697. The fraction of sp³-hybridized carbons (Fsp3) is 0.634. The molecule has 0 aliphatic heterocycles. The molecule has 0 spiro atoms. The molecule has 0 saturated heterocycles. The maximum atomic E-state index is 2.55. The summed E-state index contributed by atoms with van der Waals surface area (Å²) in [6.07, 6.45) is 34.5. The van der Waals surface area contributed by atoms with Crippen LogP contribution in [0.3, 0.4) is 0 Å². The number of rotatable bonds is 25. The Bertz CT molecular complexity index is 1060. The van der Waals surface area contributed by atoms with Crippen molar-refractivity contribution in [3.05, 3.63) is 90.5 Å². The van der Waals surface area contributed by atoms with Crippen LogP contribution in [0, 0.1) is 0 Å². The van der Waals surface area contributed by atoms with Gasteiger partial charge in [0.15, 0.2) is 0 Å². The molecule has 2 nitrogen and oxygen atoms in total. The van der Waals surface area contributed by atoms with Crippen LogP contribution >= 0.6 is 0 Å². The molecule has 2 unspecified atom stereocenters. The van der Waals surface area contributed by atoms with Crippen molar-refractivity contribution in [3.63, 3.8) is 0 Å². The van der Waals surface area contributed by atoms with Gasteiger partial charge in [0.2, 0.25) is 6.33 Å². The normalized spacial score (nSPS) is 13.7. The van der Waals surface area contributed by atoms with Crippen LogP contribution in [0.1, 0.15) is 160 Å². The van der Waals surface area contributed by atoms with Gasteiger partial charge in [-0.2, -0.15) is 0 Å². The highest BCUT2D eigenvalue weighted by molar-refractivity contribution is 5.30. The highest BCUT2D eigenvalue weighted by Crippen LogP contribution is 2.41. The smallest absolute Gasteiger partial charge is 0.237 e. The number of hydrogen-bond acceptors (Lipinski definition) is 0. The first kappa shape index (κ1) is 35.1. The first-order chi connectivity index (χ1) is 21.2. The fourth-order valence-corrected chi connectivity index (χ4v) is 7.00. The highest BCUT2D eigenvalue weighted by Gasteiger charge is 2.40. The van der Waals surface area contributed by atoms with Gasteiger partial charge >= 0.3 is 0 Å². The van der Waals surface area contributed by atoms with Gasteiger partial charge in [-0.05, 0) is 36.8 Å². The molecule has 2 atom stereocenters. The molecule has 2 heteroatoms. The maximum Gasteiger partial charge on any atom is 0.244 e. The Morgan fingerprint density at radius 1 is 0.605 bits per heavy atom. The van der Waals surface area contributed by atoms with Crippen molar-refractivity contribution < 1.29 is 4.57 Å². The highest BCUT2D eigenvalue weighted by atomic mass is 15.1. The average Bonchev–Trinajstić information content (AvgIpc) is 3.50. The summed E-state index contributed by atoms with van der Waals surface area (Å²) in [6.45, 7) is 8.21. The van der Waals surface area contributed by atoms with E-state index in [1.807, 2.05) is 0 Å². The van der Waals surface area contributed by atoms with Crippen LogP contribution < -0.4 is 4.57 Å². The summed E-state index contributed by atoms with van der Waals surface area (Å²) in [7, 11) is 0. The minimum absolute atomic E-state index is 0.0136. The minimum Gasteiger partial charge on any atom is -0.237 e. The third kappa shape index (κ3) is 13.0. The van der Waals surface area contributed by atoms with Gasteiger partial charge in [0, 0.05) is 5.41 Å². The van der Waals surface area contributed by atoms with E-state index >= 15 is 0 Å². The Kier molecular flexibility index (Phi) is 17.5. The topological polar surface area (TPSA) is 8.81 Å². The summed E-state index contributed by atoms with van der Waals surface area (Å²) in [4.78, 5) is 0. The molecular weight excluding hydrogens is 520 g/mol. The van der Waals surface area contributed by atoms with Crippen LogP contribution in [0.5, 0.6) is 0 Å². The summed E-state index contributed by atoms with van der Waals surface area (Å²) >= 11 is 0. The molecule has 1 aromatic heterocycles. The van der Waals surface area contributed by atoms with Crippen molar-refractivity contribution in [1.82, 2.24) is 4.57 Å². The van der Waals surface area contributed by atoms with Crippen LogP contribution in [0.25, 0.3) is 0 Å². The summed E-state index contributed by atoms with van der Waals surface area (Å²) < 4.78 is 4.95. The molecule has 238 valence electrons. The van der Waals surface area contributed by atoms with Crippen molar-refractivity contribution in [2.24, 2.45) is 0 Å². The van der Waals surface area contributed by atoms with Gasteiger partial charge in [-0.15, -0.1) is 0 Å². The van der Waals surface area contributed by atoms with E-state index in [9.17, 15) is 0 Å². The van der Waals surface area contributed by atoms with Crippen LogP contribution in [-0.4, -0.2) is 4.57 Å². The van der Waals surface area contributed by atoms with Crippen LogP contribution in [0.4, 0.5) is 0 Å². The molecular formula is C41H65N2+. The average molecular weight is 586 g/mol. The molecule has 0 radical (unpaired) electrons. The second-order valence-corrected chi connectivity index (χ2v) is 13.5. The molecule has 0 saturated carbocycles. The first-order valence-corrected chi connectivity index (χ1v) is 18.3. The Morgan fingerprint density at radius 2 is 1.09 bits per heavy atom. The zero-order chi connectivity index (χ0) is 30.4. The Labute approximate surface area is 266 Å². The van der Waals surface area contributed by atoms with E-state index in [-0.39, 0.29) is 5.41 Å². The lowest BCUT2D eigenvalue weighted by Gasteiger charge is -2.37. The third-order valence-electron chi connectivity index (χ3n) is 9.76. The van der Waals surface area contributed by atoms with Gasteiger partial charge in [-0.3, -0.25) is 0 Å². The molecule has 3 aromatic rings. The number of unbranched alkanes of at least 4 members (excludes halogenated alkanes) is 16. The standard InChI is InChI=1S/C41H65N2/c1-4-6-8-9-10-11-12-13-14-15-16-17-18-19-20-27-32-40(43-35-34-42(37-43)33-7-5-2)41(3,39-30-25-22-26-31-39)36-38-28-23-21-24-29-38/h21-26,28-31,34-35,37,40H,4-20,27,32-33,36H2,1-3H3/q+1. The summed E-state index contributed by atoms with van der Waals surface area (Å²) in [5, 5.41) is 0. The Hall–Kier alpha value is -2.35. The van der Waals surface area contributed by atoms with E-state index in [2.05, 4.69) is 109 Å². The van der Waals surface area contributed by atoms with E-state index in [1.165, 1.54) is 133 Å². The van der Waals surface area contributed by atoms with Gasteiger partial charge in [0.25, 0.3) is 0 Å². The zero-order valence-corrected chi connectivity index (χ0v) is 28.3. The Morgan fingerprint density at radius 3 is 1.63 bits per heavy atom. The lowest BCUT2D eigenvalue weighted by atomic mass is 9.70. The van der Waals surface area contributed by atoms with E-state index in [4.69, 9.17) is 0 Å². The SMILES string of the molecule is CCCCCCCCCCCCCCCCCCC(n1cc[n+](CCCC)c1)C(C)(Cc1ccccc1)c1ccccc1. The Balaban J connectivity index is 1.50. The van der Waals surface area contributed by atoms with Crippen LogP contribution in [0.2, 0.25) is 0 Å². The maximum absolute atomic E-state index is 2.55. The number of imidazole rings is 1. The van der Waals surface area contributed by atoms with Gasteiger partial charge in [0.1, 0.15) is 18.4 Å². The number of hydrogen-bond donors (Lipinski definition) is 0. The van der Waals surface area contributed by atoms with Crippen LogP contribution in [-0.2, 0) is 18.4 Å². The van der Waals surface area contributed by atoms with Gasteiger partial charge in [0.05, 0.1) is 6.54 Å². The third-order valence-corrected chi connectivity index (χ3v) is 9.76. The molecule has 0 N–H and O–H groups in total. The summed E-state index contributed by atoms with van der Waals surface area (Å²) in [6, 6.07) is 22.9. The fourth-order valence-electron chi connectivity index (χ4n) is 7.00. The van der Waals surface area contributed by atoms with Gasteiger partial charge < -0.3 is 0 Å². The zero-order valence-electron chi connectivity index (χ0n) is 28.3. The van der Waals surface area contributed by atoms with E-state index < -0.39 is 0 Å². The second-order valence-electron chi connectivity index (χ2n) is 13.5. The quantitative estimate of drug-likeness (QED) is 0.0690. The molecule has 1 heterocycles. The number of aromatic nitrogens is 2. The van der Waals surface area contributed by atoms with E-state index in [0.717, 1.165) is 13.0 Å². The molecule has 0 bridgehead atoms. The molecule has 0 fully saturated rings. The minimum atomic E-state index is 0.0136. The monoisotopic (exact) mass is 586 g/mol. The second kappa shape index (κ2) is 21.4. The number of aryl methyl sites for hydroxylation is 1. The molecule has 0 aliphatic carbocycles. The number of nitrogens with zero attached hydrogens (tertiary/aromatic N) is 2. The van der Waals surface area contributed by atoms with Crippen molar-refractivity contribution in [1.29, 1.82) is 0 Å². The van der Waals surface area contributed by atoms with Crippen molar-refractivity contribution >= 4 is 0 Å². The molecule has 2 aromatic carbocycles. The molecule has 0 amide bonds. The lowest BCUT2D eigenvalue weighted by Crippen LogP contribution is -2.38. The van der Waals surface area contributed by atoms with Crippen molar-refractivity contribution in [2.45, 2.75) is 167 Å². The van der Waals surface area contributed by atoms with Gasteiger partial charge in [-0.25, -0.2) is 9.13 Å². The predicted molar refractivity (Wildman–Crippen MR) is 187 cm³/mol. The summed E-state index contributed by atoms with van der Waals surface area (Å²) in [5.41, 5.74) is 2.89. The summed E-state index contributed by atoms with van der Waals surface area (Å²) in [5.74, 6) is 0. The van der Waals surface area contributed by atoms with Crippen LogP contribution in [0.15, 0.2) is 79.4 Å². The molecule has 3 rings (SSSR count). The predicted octanol–water partition coefficient (Wildman–Crippen LogP) is 12.0. The van der Waals surface area contributed by atoms with Gasteiger partial charge in [-0.1, -0.05) is 184 Å². The molecule has 0 aliphatic rings. The van der Waals surface area contributed by atoms with Crippen molar-refractivity contribution in [2.75, 3.05) is 0 Å². The number of benzene rings is 2. The first-order valence-electron chi connectivity index (χ1n) is 18.3. The van der Waals surface area contributed by atoms with Crippen molar-refractivity contribution in [3.8, 4) is 0 Å². The van der Waals surface area contributed by atoms with E-state index in [0.29, 0.717) is 6.04 Å². The van der Waals surface area contributed by atoms with E-state index in [1.54, 1.807) is 0 Å².